The lowest BCUT2D eigenvalue weighted by atomic mass is 10.1. The van der Waals surface area contributed by atoms with Gasteiger partial charge in [-0.2, -0.15) is 5.10 Å². The molecule has 0 bridgehead atoms. The Hall–Kier alpha value is -3.81. The predicted octanol–water partition coefficient (Wildman–Crippen LogP) is 3.37. The Balaban J connectivity index is 1.67. The summed E-state index contributed by atoms with van der Waals surface area (Å²) in [6.07, 6.45) is 4.21. The number of benzene rings is 2. The van der Waals surface area contributed by atoms with E-state index in [-0.39, 0.29) is 0 Å². The van der Waals surface area contributed by atoms with Gasteiger partial charge in [0.15, 0.2) is 17.5 Å². The molecule has 0 fully saturated rings. The maximum Gasteiger partial charge on any atom is 0.269 e. The summed E-state index contributed by atoms with van der Waals surface area (Å²) < 4.78 is 12.6. The van der Waals surface area contributed by atoms with Crippen LogP contribution in [0, 0.1) is 5.92 Å². The second-order valence-electron chi connectivity index (χ2n) is 7.64. The van der Waals surface area contributed by atoms with E-state index in [4.69, 9.17) is 9.47 Å². The van der Waals surface area contributed by atoms with Crippen LogP contribution in [0.1, 0.15) is 42.2 Å². The summed E-state index contributed by atoms with van der Waals surface area (Å²) in [5, 5.41) is 4.18. The molecule has 0 spiro atoms. The highest BCUT2D eigenvalue weighted by Gasteiger charge is 2.23. The summed E-state index contributed by atoms with van der Waals surface area (Å²) >= 11 is 0. The number of nitrogens with zero attached hydrogens (tertiary/aromatic N) is 2. The fourth-order valence-corrected chi connectivity index (χ4v) is 3.08. The summed E-state index contributed by atoms with van der Waals surface area (Å²) in [4.78, 5) is 25.5. The number of carbonyl (C=O) groups excluding carboxylic acids is 2. The maximum absolute atomic E-state index is 12.9. The number of hydrogen-bond acceptors (Lipinski definition) is 5. The number of methoxy groups -OCH3 is 1. The highest BCUT2D eigenvalue weighted by atomic mass is 16.5. The average molecular weight is 437 g/mol. The highest BCUT2D eigenvalue weighted by Crippen LogP contribution is 2.28. The van der Waals surface area contributed by atoms with E-state index >= 15 is 0 Å². The number of aromatic nitrogens is 2. The SMILES string of the molecule is COc1cc(C(=O)NNC(=O)C(c2ccccc2)n2cccn2)ccc1OCCC(C)C. The van der Waals surface area contributed by atoms with E-state index in [0.717, 1.165) is 12.0 Å². The number of hydrogen-bond donors (Lipinski definition) is 2. The van der Waals surface area contributed by atoms with Crippen LogP contribution in [0.15, 0.2) is 67.0 Å². The van der Waals surface area contributed by atoms with Gasteiger partial charge < -0.3 is 9.47 Å². The first-order valence-corrected chi connectivity index (χ1v) is 10.4. The van der Waals surface area contributed by atoms with Crippen molar-refractivity contribution in [3.63, 3.8) is 0 Å². The van der Waals surface area contributed by atoms with E-state index in [1.165, 1.54) is 11.8 Å². The summed E-state index contributed by atoms with van der Waals surface area (Å²) in [5.41, 5.74) is 6.03. The lowest BCUT2D eigenvalue weighted by molar-refractivity contribution is -0.124. The number of hydrazine groups is 1. The smallest absolute Gasteiger partial charge is 0.269 e. The van der Waals surface area contributed by atoms with Crippen molar-refractivity contribution < 1.29 is 19.1 Å². The second-order valence-corrected chi connectivity index (χ2v) is 7.64. The van der Waals surface area contributed by atoms with Gasteiger partial charge in [-0.15, -0.1) is 0 Å². The average Bonchev–Trinajstić information content (AvgIpc) is 3.32. The Morgan fingerprint density at radius 3 is 2.47 bits per heavy atom. The van der Waals surface area contributed by atoms with E-state index in [1.54, 1.807) is 36.7 Å². The minimum Gasteiger partial charge on any atom is -0.493 e. The third-order valence-electron chi connectivity index (χ3n) is 4.83. The number of amides is 2. The molecule has 1 aromatic heterocycles. The predicted molar refractivity (Wildman–Crippen MR) is 120 cm³/mol. The molecule has 0 aliphatic carbocycles. The van der Waals surface area contributed by atoms with Crippen LogP contribution in [0.5, 0.6) is 11.5 Å². The molecule has 3 aromatic rings. The van der Waals surface area contributed by atoms with Crippen LogP contribution in [0.4, 0.5) is 0 Å². The van der Waals surface area contributed by atoms with Gasteiger partial charge in [-0.05, 0) is 42.2 Å². The summed E-state index contributed by atoms with van der Waals surface area (Å²) in [7, 11) is 1.52. The van der Waals surface area contributed by atoms with Crippen LogP contribution < -0.4 is 20.3 Å². The minimum absolute atomic E-state index is 0.328. The molecule has 0 saturated carbocycles. The number of ether oxygens (including phenoxy) is 2. The van der Waals surface area contributed by atoms with E-state index < -0.39 is 17.9 Å². The first-order chi connectivity index (χ1) is 15.5. The van der Waals surface area contributed by atoms with Crippen LogP contribution in [0.3, 0.4) is 0 Å². The fourth-order valence-electron chi connectivity index (χ4n) is 3.08. The summed E-state index contributed by atoms with van der Waals surface area (Å²) in [6.45, 7) is 4.80. The van der Waals surface area contributed by atoms with E-state index in [0.29, 0.717) is 29.6 Å². The van der Waals surface area contributed by atoms with Crippen LogP contribution >= 0.6 is 0 Å². The largest absolute Gasteiger partial charge is 0.493 e. The first-order valence-electron chi connectivity index (χ1n) is 10.4. The molecule has 2 N–H and O–H groups in total. The molecule has 168 valence electrons. The minimum atomic E-state index is -0.724. The molecule has 0 radical (unpaired) electrons. The van der Waals surface area contributed by atoms with Crippen LogP contribution in [0.25, 0.3) is 0 Å². The summed E-state index contributed by atoms with van der Waals surface area (Å²) in [6, 6.07) is 15.1. The Kier molecular flexibility index (Phi) is 7.85. The molecule has 0 saturated heterocycles. The number of nitrogens with one attached hydrogen (secondary N) is 2. The lowest BCUT2D eigenvalue weighted by Gasteiger charge is -2.18. The molecule has 32 heavy (non-hydrogen) atoms. The maximum atomic E-state index is 12.9. The first kappa shape index (κ1) is 22.9. The Morgan fingerprint density at radius 2 is 1.81 bits per heavy atom. The van der Waals surface area contributed by atoms with Gasteiger partial charge in [0.2, 0.25) is 0 Å². The van der Waals surface area contributed by atoms with E-state index in [9.17, 15) is 9.59 Å². The van der Waals surface area contributed by atoms with Crippen LogP contribution in [0.2, 0.25) is 0 Å². The fraction of sp³-hybridized carbons (Fsp3) is 0.292. The molecule has 3 rings (SSSR count). The molecular weight excluding hydrogens is 408 g/mol. The third kappa shape index (κ3) is 5.87. The van der Waals surface area contributed by atoms with Crippen molar-refractivity contribution in [3.8, 4) is 11.5 Å². The highest BCUT2D eigenvalue weighted by molar-refractivity contribution is 5.96. The second kappa shape index (κ2) is 11.0. The molecule has 2 aromatic carbocycles. The van der Waals surface area contributed by atoms with Crippen molar-refractivity contribution in [1.82, 2.24) is 20.6 Å². The zero-order chi connectivity index (χ0) is 22.9. The van der Waals surface area contributed by atoms with Gasteiger partial charge in [0.25, 0.3) is 11.8 Å². The molecule has 0 aliphatic heterocycles. The molecule has 1 atom stereocenters. The summed E-state index contributed by atoms with van der Waals surface area (Å²) in [5.74, 6) is 0.644. The van der Waals surface area contributed by atoms with Crippen molar-refractivity contribution in [2.75, 3.05) is 13.7 Å². The van der Waals surface area contributed by atoms with Crippen molar-refractivity contribution >= 4 is 11.8 Å². The van der Waals surface area contributed by atoms with E-state index in [1.807, 2.05) is 30.3 Å². The molecular formula is C24H28N4O4. The van der Waals surface area contributed by atoms with Crippen molar-refractivity contribution in [2.24, 2.45) is 5.92 Å². The Morgan fingerprint density at radius 1 is 1.03 bits per heavy atom. The molecule has 1 unspecified atom stereocenters. The van der Waals surface area contributed by atoms with Gasteiger partial charge in [0.1, 0.15) is 0 Å². The topological polar surface area (TPSA) is 94.5 Å². The third-order valence-corrected chi connectivity index (χ3v) is 4.83. The molecule has 1 heterocycles. The van der Waals surface area contributed by atoms with E-state index in [2.05, 4.69) is 29.8 Å². The monoisotopic (exact) mass is 436 g/mol. The van der Waals surface area contributed by atoms with Crippen molar-refractivity contribution in [1.29, 1.82) is 0 Å². The lowest BCUT2D eigenvalue weighted by Crippen LogP contribution is -2.45. The van der Waals surface area contributed by atoms with Crippen molar-refractivity contribution in [3.05, 3.63) is 78.1 Å². The van der Waals surface area contributed by atoms with Crippen LogP contribution in [-0.4, -0.2) is 35.3 Å². The molecule has 8 heteroatoms. The van der Waals surface area contributed by atoms with Gasteiger partial charge in [0, 0.05) is 18.0 Å². The Bertz CT molecular complexity index is 1020. The zero-order valence-electron chi connectivity index (χ0n) is 18.4. The van der Waals surface area contributed by atoms with Gasteiger partial charge >= 0.3 is 0 Å². The zero-order valence-corrected chi connectivity index (χ0v) is 18.4. The van der Waals surface area contributed by atoms with Crippen LogP contribution in [-0.2, 0) is 4.79 Å². The van der Waals surface area contributed by atoms with Crippen molar-refractivity contribution in [2.45, 2.75) is 26.3 Å². The van der Waals surface area contributed by atoms with Gasteiger partial charge in [0.05, 0.1) is 13.7 Å². The molecule has 2 amide bonds. The molecule has 0 aliphatic rings. The normalized spacial score (nSPS) is 11.6. The quantitative estimate of drug-likeness (QED) is 0.502. The Labute approximate surface area is 187 Å². The van der Waals surface area contributed by atoms with Gasteiger partial charge in [-0.1, -0.05) is 44.2 Å². The van der Waals surface area contributed by atoms with Gasteiger partial charge in [-0.3, -0.25) is 25.1 Å². The number of rotatable bonds is 9. The van der Waals surface area contributed by atoms with Gasteiger partial charge in [-0.25, -0.2) is 0 Å². The standard InChI is InChI=1S/C24H28N4O4/c1-17(2)12-15-32-20-11-10-19(16-21(20)31-3)23(29)26-27-24(30)22(28-14-7-13-25-28)18-8-5-4-6-9-18/h4-11,13-14,16-17,22H,12,15H2,1-3H3,(H,26,29)(H,27,30). The molecule has 8 nitrogen and oxygen atoms in total. The number of carbonyl (C=O) groups is 2.